The Balaban J connectivity index is 1.51. The van der Waals surface area contributed by atoms with Crippen LogP contribution in [-0.2, 0) is 4.74 Å². The minimum Gasteiger partial charge on any atom is -0.379 e. The number of guanidine groups is 1. The average molecular weight is 409 g/mol. The van der Waals surface area contributed by atoms with Gasteiger partial charge in [-0.1, -0.05) is 26.2 Å². The Bertz CT molecular complexity index is 480. The van der Waals surface area contributed by atoms with Gasteiger partial charge in [0, 0.05) is 64.4 Å². The van der Waals surface area contributed by atoms with E-state index in [1.165, 1.54) is 64.8 Å². The van der Waals surface area contributed by atoms with Crippen molar-refractivity contribution in [3.05, 3.63) is 0 Å². The highest BCUT2D eigenvalue weighted by Gasteiger charge is 2.38. The van der Waals surface area contributed by atoms with Gasteiger partial charge in [0.05, 0.1) is 19.8 Å². The molecule has 0 aromatic heterocycles. The monoisotopic (exact) mass is 408 g/mol. The standard InChI is InChI=1S/C22H44N6O/c1-3-23-21(24-10-11-27-14-12-26(4-2)13-15-27)25-20-22(8-6-5-7-9-22)28-16-18-29-19-17-28/h3-20H2,1-2H3,(H2,23,24,25). The molecule has 2 aliphatic heterocycles. The number of hydrogen-bond donors (Lipinski definition) is 2. The fourth-order valence-corrected chi connectivity index (χ4v) is 5.05. The van der Waals surface area contributed by atoms with E-state index >= 15 is 0 Å². The van der Waals surface area contributed by atoms with Crippen LogP contribution in [0.15, 0.2) is 4.99 Å². The van der Waals surface area contributed by atoms with E-state index in [0.717, 1.165) is 58.4 Å². The maximum absolute atomic E-state index is 5.61. The largest absolute Gasteiger partial charge is 0.379 e. The molecule has 0 aromatic rings. The molecule has 1 aliphatic carbocycles. The van der Waals surface area contributed by atoms with Crippen molar-refractivity contribution in [3.63, 3.8) is 0 Å². The first-order valence-corrected chi connectivity index (χ1v) is 12.1. The van der Waals surface area contributed by atoms with E-state index in [4.69, 9.17) is 9.73 Å². The first-order valence-electron chi connectivity index (χ1n) is 12.1. The zero-order valence-electron chi connectivity index (χ0n) is 18.9. The van der Waals surface area contributed by atoms with E-state index in [-0.39, 0.29) is 5.54 Å². The summed E-state index contributed by atoms with van der Waals surface area (Å²) in [4.78, 5) is 12.9. The van der Waals surface area contributed by atoms with Crippen LogP contribution in [-0.4, -0.2) is 111 Å². The van der Waals surface area contributed by atoms with Crippen LogP contribution in [0.2, 0.25) is 0 Å². The smallest absolute Gasteiger partial charge is 0.191 e. The number of hydrogen-bond acceptors (Lipinski definition) is 5. The Labute approximate surface area is 178 Å². The molecule has 168 valence electrons. The Kier molecular flexibility index (Phi) is 9.49. The van der Waals surface area contributed by atoms with Gasteiger partial charge in [-0.25, -0.2) is 0 Å². The van der Waals surface area contributed by atoms with Crippen LogP contribution in [0.25, 0.3) is 0 Å². The summed E-state index contributed by atoms with van der Waals surface area (Å²) in [6, 6.07) is 0. The molecule has 0 aromatic carbocycles. The third-order valence-corrected chi connectivity index (χ3v) is 6.97. The van der Waals surface area contributed by atoms with Gasteiger partial charge in [0.1, 0.15) is 0 Å². The van der Waals surface area contributed by atoms with E-state index in [1.54, 1.807) is 0 Å². The molecule has 3 rings (SSSR count). The molecule has 0 spiro atoms. The van der Waals surface area contributed by atoms with Gasteiger partial charge in [-0.3, -0.25) is 14.8 Å². The molecule has 3 fully saturated rings. The fraction of sp³-hybridized carbons (Fsp3) is 0.955. The predicted octanol–water partition coefficient (Wildman–Crippen LogP) is 1.21. The Morgan fingerprint density at radius 3 is 2.24 bits per heavy atom. The minimum atomic E-state index is 0.237. The molecule has 29 heavy (non-hydrogen) atoms. The molecule has 7 nitrogen and oxygen atoms in total. The van der Waals surface area contributed by atoms with E-state index < -0.39 is 0 Å². The number of likely N-dealkylation sites (N-methyl/N-ethyl adjacent to an activating group) is 1. The lowest BCUT2D eigenvalue weighted by atomic mass is 9.80. The molecule has 0 radical (unpaired) electrons. The van der Waals surface area contributed by atoms with Gasteiger partial charge < -0.3 is 20.3 Å². The Morgan fingerprint density at radius 2 is 1.59 bits per heavy atom. The minimum absolute atomic E-state index is 0.237. The lowest BCUT2D eigenvalue weighted by molar-refractivity contribution is -0.0333. The summed E-state index contributed by atoms with van der Waals surface area (Å²) in [5, 5.41) is 7.06. The van der Waals surface area contributed by atoms with Crippen molar-refractivity contribution in [2.75, 3.05) is 85.2 Å². The van der Waals surface area contributed by atoms with Crippen molar-refractivity contribution < 1.29 is 4.74 Å². The van der Waals surface area contributed by atoms with E-state index in [9.17, 15) is 0 Å². The molecule has 0 bridgehead atoms. The number of piperazine rings is 1. The molecule has 0 atom stereocenters. The summed E-state index contributed by atoms with van der Waals surface area (Å²) in [6.07, 6.45) is 6.59. The average Bonchev–Trinajstić information content (AvgIpc) is 2.79. The molecular formula is C22H44N6O. The van der Waals surface area contributed by atoms with Gasteiger partial charge in [0.2, 0.25) is 0 Å². The van der Waals surface area contributed by atoms with Crippen molar-refractivity contribution in [3.8, 4) is 0 Å². The molecule has 2 saturated heterocycles. The second-order valence-electron chi connectivity index (χ2n) is 8.78. The highest BCUT2D eigenvalue weighted by Crippen LogP contribution is 2.34. The van der Waals surface area contributed by atoms with Crippen molar-refractivity contribution in [2.24, 2.45) is 4.99 Å². The van der Waals surface area contributed by atoms with E-state index in [0.29, 0.717) is 0 Å². The van der Waals surface area contributed by atoms with Crippen LogP contribution in [0.5, 0.6) is 0 Å². The van der Waals surface area contributed by atoms with Crippen molar-refractivity contribution in [1.82, 2.24) is 25.3 Å². The third-order valence-electron chi connectivity index (χ3n) is 6.97. The lowest BCUT2D eigenvalue weighted by Gasteiger charge is -2.47. The molecule has 2 heterocycles. The summed E-state index contributed by atoms with van der Waals surface area (Å²) in [5.41, 5.74) is 0.237. The normalized spacial score (nSPS) is 25.1. The predicted molar refractivity (Wildman–Crippen MR) is 121 cm³/mol. The van der Waals surface area contributed by atoms with Crippen LogP contribution in [0.4, 0.5) is 0 Å². The third kappa shape index (κ3) is 6.81. The zero-order chi connectivity index (χ0) is 20.4. The molecular weight excluding hydrogens is 364 g/mol. The maximum atomic E-state index is 5.61. The van der Waals surface area contributed by atoms with Crippen LogP contribution in [0, 0.1) is 0 Å². The number of ether oxygens (including phenoxy) is 1. The fourth-order valence-electron chi connectivity index (χ4n) is 5.05. The van der Waals surface area contributed by atoms with Gasteiger partial charge in [-0.15, -0.1) is 0 Å². The van der Waals surface area contributed by atoms with Gasteiger partial charge in [-0.2, -0.15) is 0 Å². The van der Waals surface area contributed by atoms with Gasteiger partial charge in [0.15, 0.2) is 5.96 Å². The molecule has 1 saturated carbocycles. The highest BCUT2D eigenvalue weighted by molar-refractivity contribution is 5.79. The number of morpholine rings is 1. The van der Waals surface area contributed by atoms with Crippen LogP contribution >= 0.6 is 0 Å². The molecule has 7 heteroatoms. The van der Waals surface area contributed by atoms with Crippen molar-refractivity contribution in [2.45, 2.75) is 51.5 Å². The number of nitrogens with one attached hydrogen (secondary N) is 2. The summed E-state index contributed by atoms with van der Waals surface area (Å²) >= 11 is 0. The highest BCUT2D eigenvalue weighted by atomic mass is 16.5. The molecule has 2 N–H and O–H groups in total. The number of rotatable bonds is 8. The van der Waals surface area contributed by atoms with Crippen molar-refractivity contribution in [1.29, 1.82) is 0 Å². The summed E-state index contributed by atoms with van der Waals surface area (Å²) in [7, 11) is 0. The summed E-state index contributed by atoms with van der Waals surface area (Å²) in [5.74, 6) is 0.984. The summed E-state index contributed by atoms with van der Waals surface area (Å²) in [6.45, 7) is 18.1. The SMILES string of the molecule is CCNC(=NCC1(N2CCOCC2)CCCCC1)NCCN1CCN(CC)CC1. The maximum Gasteiger partial charge on any atom is 0.191 e. The number of nitrogens with zero attached hydrogens (tertiary/aromatic N) is 4. The zero-order valence-corrected chi connectivity index (χ0v) is 18.9. The quantitative estimate of drug-likeness (QED) is 0.465. The molecule has 0 unspecified atom stereocenters. The van der Waals surface area contributed by atoms with Crippen LogP contribution in [0.1, 0.15) is 46.0 Å². The van der Waals surface area contributed by atoms with Crippen LogP contribution in [0.3, 0.4) is 0 Å². The molecule has 3 aliphatic rings. The van der Waals surface area contributed by atoms with E-state index in [2.05, 4.69) is 39.2 Å². The van der Waals surface area contributed by atoms with Gasteiger partial charge in [0.25, 0.3) is 0 Å². The first kappa shape index (κ1) is 22.8. The van der Waals surface area contributed by atoms with Crippen molar-refractivity contribution >= 4 is 5.96 Å². The van der Waals surface area contributed by atoms with Gasteiger partial charge >= 0.3 is 0 Å². The van der Waals surface area contributed by atoms with Crippen LogP contribution < -0.4 is 10.6 Å². The second-order valence-corrected chi connectivity index (χ2v) is 8.78. The lowest BCUT2D eigenvalue weighted by Crippen LogP contribution is -2.56. The Morgan fingerprint density at radius 1 is 0.897 bits per heavy atom. The van der Waals surface area contributed by atoms with E-state index in [1.807, 2.05) is 0 Å². The van der Waals surface area contributed by atoms with Gasteiger partial charge in [-0.05, 0) is 26.3 Å². The molecule has 0 amide bonds. The summed E-state index contributed by atoms with van der Waals surface area (Å²) < 4.78 is 5.61. The topological polar surface area (TPSA) is 55.4 Å². The Hall–Kier alpha value is -0.890. The second kappa shape index (κ2) is 12.1. The number of aliphatic imine (C=N–C) groups is 1. The first-order chi connectivity index (χ1) is 14.3.